The zero-order valence-corrected chi connectivity index (χ0v) is 12.0. The summed E-state index contributed by atoms with van der Waals surface area (Å²) in [6.07, 6.45) is 0.382. The van der Waals surface area contributed by atoms with Gasteiger partial charge in [-0.2, -0.15) is 0 Å². The van der Waals surface area contributed by atoms with Crippen molar-refractivity contribution in [3.63, 3.8) is 0 Å². The standard InChI is InChI=1S/C13H17ClO4S/c14-11-1-3-12(4-2-11)18-9-13(15)10-5-7-19(16,17)8-6-10/h1-4,10,13,15H,5-9H2. The second-order valence-corrected chi connectivity index (χ2v) is 7.56. The molecule has 0 saturated carbocycles. The third-order valence-electron chi connectivity index (χ3n) is 3.38. The summed E-state index contributed by atoms with van der Waals surface area (Å²) in [6.45, 7) is 0.173. The van der Waals surface area contributed by atoms with E-state index >= 15 is 0 Å². The van der Waals surface area contributed by atoms with Crippen molar-refractivity contribution in [2.24, 2.45) is 5.92 Å². The monoisotopic (exact) mass is 304 g/mol. The normalized spacial score (nSPS) is 20.9. The van der Waals surface area contributed by atoms with Crippen LogP contribution in [0, 0.1) is 5.92 Å². The molecule has 1 aliphatic rings. The quantitative estimate of drug-likeness (QED) is 0.923. The molecule has 106 valence electrons. The van der Waals surface area contributed by atoms with Gasteiger partial charge < -0.3 is 9.84 Å². The molecule has 19 heavy (non-hydrogen) atoms. The molecule has 0 aliphatic carbocycles. The second kappa shape index (κ2) is 6.11. The van der Waals surface area contributed by atoms with Gasteiger partial charge in [0.05, 0.1) is 17.6 Å². The number of sulfone groups is 1. The number of aliphatic hydroxyl groups is 1. The van der Waals surface area contributed by atoms with Crippen LogP contribution in [0.4, 0.5) is 0 Å². The fourth-order valence-corrected chi connectivity index (χ4v) is 3.80. The molecule has 0 aromatic heterocycles. The molecule has 1 heterocycles. The maximum atomic E-state index is 11.3. The Bertz CT molecular complexity index is 498. The molecule has 1 N–H and O–H groups in total. The van der Waals surface area contributed by atoms with Crippen molar-refractivity contribution in [1.29, 1.82) is 0 Å². The van der Waals surface area contributed by atoms with Crippen molar-refractivity contribution in [1.82, 2.24) is 0 Å². The summed E-state index contributed by atoms with van der Waals surface area (Å²) in [4.78, 5) is 0. The van der Waals surface area contributed by atoms with Crippen LogP contribution in [0.3, 0.4) is 0 Å². The largest absolute Gasteiger partial charge is 0.491 e. The summed E-state index contributed by atoms with van der Waals surface area (Å²) in [5, 5.41) is 10.6. The molecule has 1 aliphatic heterocycles. The average molecular weight is 305 g/mol. The number of hydrogen-bond donors (Lipinski definition) is 1. The van der Waals surface area contributed by atoms with E-state index in [2.05, 4.69) is 0 Å². The summed E-state index contributed by atoms with van der Waals surface area (Å²) in [5.74, 6) is 0.966. The lowest BCUT2D eigenvalue weighted by Gasteiger charge is -2.26. The van der Waals surface area contributed by atoms with Crippen LogP contribution >= 0.6 is 11.6 Å². The number of benzene rings is 1. The smallest absolute Gasteiger partial charge is 0.150 e. The summed E-state index contributed by atoms with van der Waals surface area (Å²) in [7, 11) is -2.89. The molecule has 1 fully saturated rings. The molecule has 0 radical (unpaired) electrons. The molecule has 4 nitrogen and oxygen atoms in total. The van der Waals surface area contributed by atoms with Gasteiger partial charge in [0.25, 0.3) is 0 Å². The highest BCUT2D eigenvalue weighted by molar-refractivity contribution is 7.91. The van der Waals surface area contributed by atoms with Crippen molar-refractivity contribution in [2.45, 2.75) is 18.9 Å². The summed E-state index contributed by atoms with van der Waals surface area (Å²) >= 11 is 5.76. The Morgan fingerprint density at radius 3 is 2.42 bits per heavy atom. The molecule has 1 unspecified atom stereocenters. The number of hydrogen-bond acceptors (Lipinski definition) is 4. The number of aliphatic hydroxyl groups excluding tert-OH is 1. The Kier molecular flexibility index (Phi) is 4.71. The number of rotatable bonds is 4. The van der Waals surface area contributed by atoms with Crippen LogP contribution in [0.5, 0.6) is 5.75 Å². The van der Waals surface area contributed by atoms with Gasteiger partial charge in [-0.15, -0.1) is 0 Å². The highest BCUT2D eigenvalue weighted by Gasteiger charge is 2.28. The van der Waals surface area contributed by atoms with Gasteiger partial charge in [0.2, 0.25) is 0 Å². The van der Waals surface area contributed by atoms with Crippen LogP contribution in [0.25, 0.3) is 0 Å². The van der Waals surface area contributed by atoms with Crippen LogP contribution in [-0.2, 0) is 9.84 Å². The lowest BCUT2D eigenvalue weighted by Crippen LogP contribution is -2.34. The summed E-state index contributed by atoms with van der Waals surface area (Å²) in [6, 6.07) is 6.91. The fourth-order valence-electron chi connectivity index (χ4n) is 2.14. The lowest BCUT2D eigenvalue weighted by atomic mass is 9.96. The maximum Gasteiger partial charge on any atom is 0.150 e. The molecule has 0 spiro atoms. The molecule has 1 saturated heterocycles. The first-order valence-electron chi connectivity index (χ1n) is 6.23. The van der Waals surface area contributed by atoms with Crippen molar-refractivity contribution in [3.8, 4) is 5.75 Å². The molecular formula is C13H17ClO4S. The van der Waals surface area contributed by atoms with Crippen LogP contribution in [-0.4, -0.2) is 37.7 Å². The predicted octanol–water partition coefficient (Wildman–Crippen LogP) is 1.90. The molecule has 1 aromatic carbocycles. The minimum atomic E-state index is -2.89. The number of halogens is 1. The highest BCUT2D eigenvalue weighted by atomic mass is 35.5. The van der Waals surface area contributed by atoms with Crippen molar-refractivity contribution >= 4 is 21.4 Å². The van der Waals surface area contributed by atoms with Crippen molar-refractivity contribution in [2.75, 3.05) is 18.1 Å². The van der Waals surface area contributed by atoms with Gasteiger partial charge >= 0.3 is 0 Å². The van der Waals surface area contributed by atoms with E-state index in [1.54, 1.807) is 24.3 Å². The van der Waals surface area contributed by atoms with Gasteiger partial charge in [-0.05, 0) is 43.0 Å². The second-order valence-electron chi connectivity index (χ2n) is 4.82. The van der Waals surface area contributed by atoms with E-state index in [1.807, 2.05) is 0 Å². The molecule has 0 amide bonds. The average Bonchev–Trinajstić information content (AvgIpc) is 2.37. The summed E-state index contributed by atoms with van der Waals surface area (Å²) in [5.41, 5.74) is 0. The Morgan fingerprint density at radius 1 is 1.26 bits per heavy atom. The SMILES string of the molecule is O=S1(=O)CCC(C(O)COc2ccc(Cl)cc2)CC1. The Balaban J connectivity index is 1.81. The van der Waals surface area contributed by atoms with E-state index in [4.69, 9.17) is 16.3 Å². The van der Waals surface area contributed by atoms with Gasteiger partial charge in [-0.3, -0.25) is 0 Å². The van der Waals surface area contributed by atoms with Crippen LogP contribution in [0.1, 0.15) is 12.8 Å². The Morgan fingerprint density at radius 2 is 1.84 bits per heavy atom. The molecular weight excluding hydrogens is 288 g/mol. The first-order chi connectivity index (χ1) is 8.96. The van der Waals surface area contributed by atoms with Gasteiger partial charge in [-0.1, -0.05) is 11.6 Å². The molecule has 6 heteroatoms. The van der Waals surface area contributed by atoms with Gasteiger partial charge in [0, 0.05) is 5.02 Å². The Labute approximate surface area is 118 Å². The first-order valence-corrected chi connectivity index (χ1v) is 8.43. The van der Waals surface area contributed by atoms with E-state index in [-0.39, 0.29) is 24.0 Å². The van der Waals surface area contributed by atoms with Crippen LogP contribution in [0.15, 0.2) is 24.3 Å². The van der Waals surface area contributed by atoms with Crippen molar-refractivity contribution < 1.29 is 18.3 Å². The summed E-state index contributed by atoms with van der Waals surface area (Å²) < 4.78 is 28.1. The molecule has 1 aromatic rings. The number of ether oxygens (including phenoxy) is 1. The minimum absolute atomic E-state index is 0.00387. The molecule has 2 rings (SSSR count). The van der Waals surface area contributed by atoms with E-state index in [0.717, 1.165) is 0 Å². The zero-order chi connectivity index (χ0) is 13.9. The van der Waals surface area contributed by atoms with E-state index < -0.39 is 15.9 Å². The van der Waals surface area contributed by atoms with E-state index in [0.29, 0.717) is 23.6 Å². The van der Waals surface area contributed by atoms with E-state index in [1.165, 1.54) is 0 Å². The maximum absolute atomic E-state index is 11.3. The zero-order valence-electron chi connectivity index (χ0n) is 10.5. The van der Waals surface area contributed by atoms with Crippen LogP contribution < -0.4 is 4.74 Å². The van der Waals surface area contributed by atoms with Crippen molar-refractivity contribution in [3.05, 3.63) is 29.3 Å². The first kappa shape index (κ1) is 14.6. The van der Waals surface area contributed by atoms with Gasteiger partial charge in [0.15, 0.2) is 0 Å². The van der Waals surface area contributed by atoms with E-state index in [9.17, 15) is 13.5 Å². The third kappa shape index (κ3) is 4.37. The Hall–Kier alpha value is -0.780. The molecule has 1 atom stereocenters. The lowest BCUT2D eigenvalue weighted by molar-refractivity contribution is 0.0528. The minimum Gasteiger partial charge on any atom is -0.491 e. The fraction of sp³-hybridized carbons (Fsp3) is 0.538. The molecule has 0 bridgehead atoms. The van der Waals surface area contributed by atoms with Gasteiger partial charge in [-0.25, -0.2) is 8.42 Å². The highest BCUT2D eigenvalue weighted by Crippen LogP contribution is 2.23. The van der Waals surface area contributed by atoms with Gasteiger partial charge in [0.1, 0.15) is 22.2 Å². The third-order valence-corrected chi connectivity index (χ3v) is 5.35. The van der Waals surface area contributed by atoms with Crippen LogP contribution in [0.2, 0.25) is 5.02 Å². The topological polar surface area (TPSA) is 63.6 Å². The predicted molar refractivity (Wildman–Crippen MR) is 74.3 cm³/mol.